The highest BCUT2D eigenvalue weighted by molar-refractivity contribution is 7.73. The van der Waals surface area contributed by atoms with E-state index >= 15 is 0 Å². The third kappa shape index (κ3) is 5.23. The zero-order chi connectivity index (χ0) is 8.15. The molecule has 0 radical (unpaired) electrons. The molecule has 0 aliphatic rings. The van der Waals surface area contributed by atoms with Gasteiger partial charge in [0.2, 0.25) is 0 Å². The molecule has 0 saturated heterocycles. The van der Waals surface area contributed by atoms with E-state index in [1.165, 1.54) is 0 Å². The molecule has 0 N–H and O–H groups in total. The highest BCUT2D eigenvalue weighted by atomic mass is 32.2. The van der Waals surface area contributed by atoms with Crippen molar-refractivity contribution in [2.24, 2.45) is 0 Å². The Morgan fingerprint density at radius 3 is 2.20 bits per heavy atom. The number of esters is 2. The number of hydrogen-bond acceptors (Lipinski definition) is 5. The fourth-order valence-electron chi connectivity index (χ4n) is 0.298. The molecule has 58 valence electrons. The first-order chi connectivity index (χ1) is 4.52. The van der Waals surface area contributed by atoms with Crippen molar-refractivity contribution in [3.05, 3.63) is 0 Å². The molecule has 0 rings (SSSR count). The van der Waals surface area contributed by atoms with Crippen LogP contribution in [0.4, 0.5) is 0 Å². The lowest BCUT2D eigenvalue weighted by Crippen LogP contribution is -2.13. The van der Waals surface area contributed by atoms with Crippen LogP contribution in [0.1, 0.15) is 6.92 Å². The fourth-order valence-corrected chi connectivity index (χ4v) is 0.573. The minimum atomic E-state index is -2.80. The van der Waals surface area contributed by atoms with Crippen molar-refractivity contribution in [3.8, 4) is 0 Å². The first-order valence-corrected chi connectivity index (χ1v) is 3.71. The van der Waals surface area contributed by atoms with E-state index in [1.807, 2.05) is 0 Å². The summed E-state index contributed by atoms with van der Waals surface area (Å²) in [5.74, 6) is -2.58. The Labute approximate surface area is 58.9 Å². The molecule has 0 aromatic rings. The molecule has 0 saturated carbocycles. The summed E-state index contributed by atoms with van der Waals surface area (Å²) >= 11 is 0. The third-order valence-electron chi connectivity index (χ3n) is 0.516. The SMILES string of the molecule is CC(=O)OC(=O)C[SH](=O)=O. The number of ether oxygens (including phenoxy) is 1. The predicted octanol–water partition coefficient (Wildman–Crippen LogP) is -1.31. The molecule has 0 bridgehead atoms. The quantitative estimate of drug-likeness (QED) is 0.313. The van der Waals surface area contributed by atoms with Gasteiger partial charge in [-0.05, 0) is 0 Å². The summed E-state index contributed by atoms with van der Waals surface area (Å²) in [5.41, 5.74) is 0. The maximum Gasteiger partial charge on any atom is 0.328 e. The standard InChI is InChI=1S/C4H6O5S/c1-3(5)9-4(6)2-10(7)8/h10H,2H2,1H3. The van der Waals surface area contributed by atoms with Crippen LogP contribution >= 0.6 is 0 Å². The monoisotopic (exact) mass is 166 g/mol. The molecule has 0 aliphatic heterocycles. The van der Waals surface area contributed by atoms with Crippen LogP contribution in [0.25, 0.3) is 0 Å². The van der Waals surface area contributed by atoms with Gasteiger partial charge in [0.15, 0.2) is 10.7 Å². The van der Waals surface area contributed by atoms with Crippen LogP contribution in [-0.2, 0) is 25.0 Å². The van der Waals surface area contributed by atoms with Crippen LogP contribution in [-0.4, -0.2) is 26.1 Å². The first kappa shape index (κ1) is 9.09. The molecule has 0 heterocycles. The molecule has 0 unspecified atom stereocenters. The average Bonchev–Trinajstić information content (AvgIpc) is 1.58. The summed E-state index contributed by atoms with van der Waals surface area (Å²) < 4.78 is 23.5. The molecule has 5 nitrogen and oxygen atoms in total. The van der Waals surface area contributed by atoms with E-state index in [4.69, 9.17) is 0 Å². The van der Waals surface area contributed by atoms with Crippen LogP contribution in [0.3, 0.4) is 0 Å². The first-order valence-electron chi connectivity index (χ1n) is 2.35. The summed E-state index contributed by atoms with van der Waals surface area (Å²) in [4.78, 5) is 20.2. The normalized spacial score (nSPS) is 9.40. The third-order valence-corrected chi connectivity index (χ3v) is 1.03. The van der Waals surface area contributed by atoms with E-state index in [0.29, 0.717) is 0 Å². The minimum Gasteiger partial charge on any atom is -0.393 e. The Bertz CT molecular complexity index is 208. The molecule has 0 atom stereocenters. The highest BCUT2D eigenvalue weighted by Crippen LogP contribution is 1.79. The molecular weight excluding hydrogens is 160 g/mol. The van der Waals surface area contributed by atoms with Gasteiger partial charge >= 0.3 is 11.9 Å². The second-order valence-electron chi connectivity index (χ2n) is 1.46. The summed E-state index contributed by atoms with van der Waals surface area (Å²) in [5, 5.41) is 0. The lowest BCUT2D eigenvalue weighted by atomic mass is 10.7. The molecular formula is C4H6O5S. The van der Waals surface area contributed by atoms with E-state index in [1.54, 1.807) is 0 Å². The smallest absolute Gasteiger partial charge is 0.328 e. The van der Waals surface area contributed by atoms with E-state index in [-0.39, 0.29) is 0 Å². The van der Waals surface area contributed by atoms with Crippen molar-refractivity contribution >= 4 is 22.6 Å². The van der Waals surface area contributed by atoms with Crippen LogP contribution in [0.15, 0.2) is 0 Å². The van der Waals surface area contributed by atoms with Gasteiger partial charge in [0, 0.05) is 6.92 Å². The summed E-state index contributed by atoms with van der Waals surface area (Å²) in [6.07, 6.45) is 0. The second kappa shape index (κ2) is 3.99. The maximum absolute atomic E-state index is 10.2. The van der Waals surface area contributed by atoms with Gasteiger partial charge in [-0.15, -0.1) is 0 Å². The zero-order valence-electron chi connectivity index (χ0n) is 5.20. The summed E-state index contributed by atoms with van der Waals surface area (Å²) in [7, 11) is -2.80. The number of rotatable bonds is 2. The number of carbonyl (C=O) groups excluding carboxylic acids is 2. The number of hydrogen-bond donors (Lipinski definition) is 1. The van der Waals surface area contributed by atoms with Crippen molar-refractivity contribution in [3.63, 3.8) is 0 Å². The Balaban J connectivity index is 3.76. The van der Waals surface area contributed by atoms with Crippen LogP contribution in [0.5, 0.6) is 0 Å². The van der Waals surface area contributed by atoms with Crippen molar-refractivity contribution in [2.75, 3.05) is 5.75 Å². The van der Waals surface area contributed by atoms with Crippen molar-refractivity contribution in [1.82, 2.24) is 0 Å². The van der Waals surface area contributed by atoms with Crippen LogP contribution in [0.2, 0.25) is 0 Å². The van der Waals surface area contributed by atoms with E-state index in [2.05, 4.69) is 4.74 Å². The highest BCUT2D eigenvalue weighted by Gasteiger charge is 2.05. The van der Waals surface area contributed by atoms with Gasteiger partial charge in [-0.1, -0.05) is 0 Å². The Hall–Kier alpha value is -0.910. The van der Waals surface area contributed by atoms with Gasteiger partial charge < -0.3 is 4.74 Å². The van der Waals surface area contributed by atoms with Crippen molar-refractivity contribution in [2.45, 2.75) is 6.92 Å². The molecule has 0 aromatic carbocycles. The Morgan fingerprint density at radius 2 is 1.90 bits per heavy atom. The van der Waals surface area contributed by atoms with Gasteiger partial charge in [0.25, 0.3) is 0 Å². The fraction of sp³-hybridized carbons (Fsp3) is 0.500. The van der Waals surface area contributed by atoms with Crippen molar-refractivity contribution < 1.29 is 22.7 Å². The topological polar surface area (TPSA) is 77.5 Å². The Morgan fingerprint density at radius 1 is 1.40 bits per heavy atom. The van der Waals surface area contributed by atoms with Crippen LogP contribution < -0.4 is 0 Å². The van der Waals surface area contributed by atoms with Crippen LogP contribution in [0, 0.1) is 0 Å². The van der Waals surface area contributed by atoms with Gasteiger partial charge in [0.1, 0.15) is 5.75 Å². The Kier molecular flexibility index (Phi) is 3.63. The maximum atomic E-state index is 10.2. The molecule has 0 fully saturated rings. The predicted molar refractivity (Wildman–Crippen MR) is 32.0 cm³/mol. The molecule has 10 heavy (non-hydrogen) atoms. The average molecular weight is 166 g/mol. The van der Waals surface area contributed by atoms with E-state index < -0.39 is 28.4 Å². The number of carbonyl (C=O) groups is 2. The zero-order valence-corrected chi connectivity index (χ0v) is 6.09. The second-order valence-corrected chi connectivity index (χ2v) is 2.44. The van der Waals surface area contributed by atoms with Crippen molar-refractivity contribution in [1.29, 1.82) is 0 Å². The summed E-state index contributed by atoms with van der Waals surface area (Å²) in [6, 6.07) is 0. The largest absolute Gasteiger partial charge is 0.393 e. The lowest BCUT2D eigenvalue weighted by molar-refractivity contribution is -0.156. The molecule has 6 heteroatoms. The summed E-state index contributed by atoms with van der Waals surface area (Å²) in [6.45, 7) is 1.02. The number of thiol groups is 1. The van der Waals surface area contributed by atoms with Gasteiger partial charge in [0.05, 0.1) is 0 Å². The van der Waals surface area contributed by atoms with E-state index in [0.717, 1.165) is 6.92 Å². The van der Waals surface area contributed by atoms with E-state index in [9.17, 15) is 18.0 Å². The van der Waals surface area contributed by atoms with Gasteiger partial charge in [-0.2, -0.15) is 0 Å². The minimum absolute atomic E-state index is 0.741. The van der Waals surface area contributed by atoms with Gasteiger partial charge in [-0.25, -0.2) is 8.42 Å². The molecule has 0 spiro atoms. The molecule has 0 aromatic heterocycles. The van der Waals surface area contributed by atoms with Gasteiger partial charge in [-0.3, -0.25) is 9.59 Å². The molecule has 0 aliphatic carbocycles. The molecule has 0 amide bonds. The lowest BCUT2D eigenvalue weighted by Gasteiger charge is -1.92.